The Labute approximate surface area is 142 Å². The van der Waals surface area contributed by atoms with Gasteiger partial charge in [0.25, 0.3) is 5.91 Å². The molecule has 0 aliphatic rings. The molecule has 0 spiro atoms. The number of halogens is 3. The minimum Gasteiger partial charge on any atom is -0.449 e. The molecule has 1 N–H and O–H groups in total. The third kappa shape index (κ3) is 5.07. The molecule has 0 saturated heterocycles. The van der Waals surface area contributed by atoms with Gasteiger partial charge >= 0.3 is 12.1 Å². The average molecular weight is 351 g/mol. The Balaban J connectivity index is 2.02. The molecule has 0 heterocycles. The molecule has 0 unspecified atom stereocenters. The molecule has 25 heavy (non-hydrogen) atoms. The van der Waals surface area contributed by atoms with E-state index in [0.717, 1.165) is 17.7 Å². The number of rotatable bonds is 4. The second-order valence-corrected chi connectivity index (χ2v) is 5.48. The van der Waals surface area contributed by atoms with E-state index in [1.54, 1.807) is 24.3 Å². The number of ether oxygens (including phenoxy) is 1. The number of hydrogen-bond donors (Lipinski definition) is 1. The van der Waals surface area contributed by atoms with Gasteiger partial charge in [0.15, 0.2) is 6.10 Å². The summed E-state index contributed by atoms with van der Waals surface area (Å²) in [6.45, 7) is 3.24. The molecule has 0 aliphatic carbocycles. The fraction of sp³-hybridized carbons (Fsp3) is 0.222. The van der Waals surface area contributed by atoms with E-state index in [9.17, 15) is 22.8 Å². The van der Waals surface area contributed by atoms with Crippen LogP contribution < -0.4 is 5.32 Å². The maximum atomic E-state index is 12.7. The average Bonchev–Trinajstić information content (AvgIpc) is 2.56. The molecule has 0 aromatic heterocycles. The number of carbonyl (C=O) groups is 2. The number of alkyl halides is 3. The Morgan fingerprint density at radius 2 is 1.72 bits per heavy atom. The highest BCUT2D eigenvalue weighted by Crippen LogP contribution is 2.29. The summed E-state index contributed by atoms with van der Waals surface area (Å²) < 4.78 is 43.0. The van der Waals surface area contributed by atoms with E-state index in [-0.39, 0.29) is 5.56 Å². The molecular formula is C18H16F3NO3. The molecule has 0 bridgehead atoms. The van der Waals surface area contributed by atoms with Crippen LogP contribution in [0.15, 0.2) is 48.5 Å². The van der Waals surface area contributed by atoms with Gasteiger partial charge in [-0.1, -0.05) is 23.8 Å². The van der Waals surface area contributed by atoms with E-state index in [2.05, 4.69) is 5.32 Å². The molecule has 2 aromatic rings. The third-order valence-corrected chi connectivity index (χ3v) is 3.40. The molecule has 1 amide bonds. The number of anilines is 1. The van der Waals surface area contributed by atoms with Crippen LogP contribution in [-0.4, -0.2) is 18.0 Å². The molecule has 7 heteroatoms. The summed E-state index contributed by atoms with van der Waals surface area (Å²) >= 11 is 0. The first-order chi connectivity index (χ1) is 11.7. The van der Waals surface area contributed by atoms with Gasteiger partial charge in [0.1, 0.15) is 0 Å². The second-order valence-electron chi connectivity index (χ2n) is 5.48. The van der Waals surface area contributed by atoms with E-state index in [4.69, 9.17) is 4.74 Å². The quantitative estimate of drug-likeness (QED) is 0.840. The number of aryl methyl sites for hydroxylation is 1. The second kappa shape index (κ2) is 7.38. The van der Waals surface area contributed by atoms with Crippen molar-refractivity contribution >= 4 is 17.6 Å². The van der Waals surface area contributed by atoms with Crippen molar-refractivity contribution in [3.05, 3.63) is 65.2 Å². The summed E-state index contributed by atoms with van der Waals surface area (Å²) in [6, 6.07) is 10.8. The summed E-state index contributed by atoms with van der Waals surface area (Å²) in [4.78, 5) is 24.0. The Morgan fingerprint density at radius 1 is 1.08 bits per heavy atom. The fourth-order valence-corrected chi connectivity index (χ4v) is 1.99. The lowest BCUT2D eigenvalue weighted by molar-refractivity contribution is -0.137. The Kier molecular flexibility index (Phi) is 5.46. The van der Waals surface area contributed by atoms with Gasteiger partial charge in [-0.3, -0.25) is 4.79 Å². The normalized spacial score (nSPS) is 12.4. The highest BCUT2D eigenvalue weighted by molar-refractivity contribution is 5.97. The number of esters is 1. The standard InChI is InChI=1S/C18H16F3NO3/c1-11-6-8-15(9-7-11)22-16(23)12(2)25-17(24)13-4-3-5-14(10-13)18(19,20)21/h3-10,12H,1-2H3,(H,22,23)/t12-/m1/s1. The van der Waals surface area contributed by atoms with Crippen molar-refractivity contribution in [1.82, 2.24) is 0 Å². The lowest BCUT2D eigenvalue weighted by Gasteiger charge is -2.14. The zero-order valence-corrected chi connectivity index (χ0v) is 13.6. The first-order valence-corrected chi connectivity index (χ1v) is 7.42. The monoisotopic (exact) mass is 351 g/mol. The van der Waals surface area contributed by atoms with Gasteiger partial charge in [-0.25, -0.2) is 4.79 Å². The molecule has 2 rings (SSSR count). The number of nitrogens with one attached hydrogen (secondary N) is 1. The van der Waals surface area contributed by atoms with Gasteiger partial charge in [0.05, 0.1) is 11.1 Å². The van der Waals surface area contributed by atoms with E-state index in [1.165, 1.54) is 13.0 Å². The van der Waals surface area contributed by atoms with Crippen LogP contribution in [0.4, 0.5) is 18.9 Å². The zero-order chi connectivity index (χ0) is 18.6. The van der Waals surface area contributed by atoms with Crippen LogP contribution in [0, 0.1) is 6.92 Å². The van der Waals surface area contributed by atoms with Crippen molar-refractivity contribution in [3.8, 4) is 0 Å². The minimum absolute atomic E-state index is 0.273. The molecule has 2 aromatic carbocycles. The van der Waals surface area contributed by atoms with Crippen LogP contribution >= 0.6 is 0 Å². The van der Waals surface area contributed by atoms with Crippen LogP contribution in [0.25, 0.3) is 0 Å². The van der Waals surface area contributed by atoms with Crippen LogP contribution in [0.5, 0.6) is 0 Å². The third-order valence-electron chi connectivity index (χ3n) is 3.40. The van der Waals surface area contributed by atoms with E-state index in [1.807, 2.05) is 6.92 Å². The molecule has 132 valence electrons. The zero-order valence-electron chi connectivity index (χ0n) is 13.6. The van der Waals surface area contributed by atoms with Gasteiger partial charge in [-0.15, -0.1) is 0 Å². The number of hydrogen-bond acceptors (Lipinski definition) is 3. The van der Waals surface area contributed by atoms with Crippen LogP contribution in [-0.2, 0) is 15.7 Å². The molecule has 0 aliphatic heterocycles. The van der Waals surface area contributed by atoms with Gasteiger partial charge in [-0.2, -0.15) is 13.2 Å². The van der Waals surface area contributed by atoms with E-state index < -0.39 is 29.7 Å². The predicted octanol–water partition coefficient (Wildman–Crippen LogP) is 4.20. The van der Waals surface area contributed by atoms with Crippen LogP contribution in [0.3, 0.4) is 0 Å². The minimum atomic E-state index is -4.56. The summed E-state index contributed by atoms with van der Waals surface area (Å²) in [6.07, 6.45) is -5.73. The first kappa shape index (κ1) is 18.5. The van der Waals surface area contributed by atoms with Gasteiger partial charge in [0, 0.05) is 5.69 Å². The highest BCUT2D eigenvalue weighted by Gasteiger charge is 2.31. The molecule has 4 nitrogen and oxygen atoms in total. The van der Waals surface area contributed by atoms with Crippen molar-refractivity contribution in [1.29, 1.82) is 0 Å². The van der Waals surface area contributed by atoms with Crippen molar-refractivity contribution in [3.63, 3.8) is 0 Å². The molecule has 0 saturated carbocycles. The lowest BCUT2D eigenvalue weighted by atomic mass is 10.1. The smallest absolute Gasteiger partial charge is 0.416 e. The fourth-order valence-electron chi connectivity index (χ4n) is 1.99. The Hall–Kier alpha value is -2.83. The Morgan fingerprint density at radius 3 is 2.32 bits per heavy atom. The van der Waals surface area contributed by atoms with Crippen molar-refractivity contribution < 1.29 is 27.5 Å². The van der Waals surface area contributed by atoms with Gasteiger partial charge in [0.2, 0.25) is 0 Å². The van der Waals surface area contributed by atoms with Gasteiger partial charge in [-0.05, 0) is 44.2 Å². The maximum Gasteiger partial charge on any atom is 0.416 e. The molecule has 1 atom stereocenters. The lowest BCUT2D eigenvalue weighted by Crippen LogP contribution is -2.30. The highest BCUT2D eigenvalue weighted by atomic mass is 19.4. The Bertz CT molecular complexity index is 770. The maximum absolute atomic E-state index is 12.7. The first-order valence-electron chi connectivity index (χ1n) is 7.42. The summed E-state index contributed by atoms with van der Waals surface area (Å²) in [5, 5.41) is 2.57. The SMILES string of the molecule is Cc1ccc(NC(=O)[C@@H](C)OC(=O)c2cccc(C(F)(F)F)c2)cc1. The van der Waals surface area contributed by atoms with Crippen molar-refractivity contribution in [2.24, 2.45) is 0 Å². The topological polar surface area (TPSA) is 55.4 Å². The summed E-state index contributed by atoms with van der Waals surface area (Å²) in [5.74, 6) is -1.58. The number of carbonyl (C=O) groups excluding carboxylic acids is 2. The summed E-state index contributed by atoms with van der Waals surface area (Å²) in [7, 11) is 0. The number of benzene rings is 2. The molecule has 0 fully saturated rings. The predicted molar refractivity (Wildman–Crippen MR) is 86.1 cm³/mol. The van der Waals surface area contributed by atoms with Crippen LogP contribution in [0.2, 0.25) is 0 Å². The van der Waals surface area contributed by atoms with E-state index in [0.29, 0.717) is 11.8 Å². The van der Waals surface area contributed by atoms with Crippen LogP contribution in [0.1, 0.15) is 28.4 Å². The van der Waals surface area contributed by atoms with Gasteiger partial charge < -0.3 is 10.1 Å². The van der Waals surface area contributed by atoms with E-state index >= 15 is 0 Å². The summed E-state index contributed by atoms with van der Waals surface area (Å²) in [5.41, 5.74) is 0.308. The molecular weight excluding hydrogens is 335 g/mol. The molecule has 0 radical (unpaired) electrons. The van der Waals surface area contributed by atoms with Crippen molar-refractivity contribution in [2.75, 3.05) is 5.32 Å². The van der Waals surface area contributed by atoms with Crippen molar-refractivity contribution in [2.45, 2.75) is 26.1 Å². The largest absolute Gasteiger partial charge is 0.449 e. The number of amides is 1.